The summed E-state index contributed by atoms with van der Waals surface area (Å²) >= 11 is 0. The number of phosphoric acid groups is 2. The lowest BCUT2D eigenvalue weighted by Gasteiger charge is -2.32. The SMILES string of the molecule is CCOP1(=O)Oc2c3cc(C(C)(C)C)cc2Cc2cc(C(C)(C)C)cc(c2O1)Cc1cc(C(C)(C)C)cc(c1O)Cc1cc(C(C)(C)C)cc2c1OP(=O)(OCC)Oc1c(cc(C(C)(C)C)cc1C2)Cc1cc(C(C)(C)C)cc(c1O)C3. The van der Waals surface area contributed by atoms with Gasteiger partial charge in [-0.25, -0.2) is 9.13 Å². The number of benzene rings is 6. The van der Waals surface area contributed by atoms with Crippen molar-refractivity contribution in [3.8, 4) is 34.5 Å². The van der Waals surface area contributed by atoms with Gasteiger partial charge in [0.15, 0.2) is 0 Å². The van der Waals surface area contributed by atoms with Crippen LogP contribution >= 0.6 is 15.6 Å². The minimum Gasteiger partial charge on any atom is -0.507 e. The van der Waals surface area contributed by atoms with Crippen LogP contribution in [-0.4, -0.2) is 23.4 Å². The van der Waals surface area contributed by atoms with Crippen molar-refractivity contribution in [2.24, 2.45) is 0 Å². The molecule has 0 aromatic heterocycles. The van der Waals surface area contributed by atoms with E-state index in [2.05, 4.69) is 197 Å². The van der Waals surface area contributed by atoms with E-state index in [0.717, 1.165) is 55.6 Å². The molecule has 12 heteroatoms. The minimum atomic E-state index is -4.48. The highest BCUT2D eigenvalue weighted by atomic mass is 31.2. The number of phosphoric ester groups is 2. The van der Waals surface area contributed by atoms with E-state index in [1.807, 2.05) is 0 Å². The highest BCUT2D eigenvalue weighted by Crippen LogP contribution is 2.59. The summed E-state index contributed by atoms with van der Waals surface area (Å²) in [5.41, 5.74) is 12.7. The first-order valence-corrected chi connectivity index (χ1v) is 32.3. The largest absolute Gasteiger partial charge is 0.587 e. The molecule has 0 fully saturated rings. The average Bonchev–Trinajstić information content (AvgIpc) is 2.52. The summed E-state index contributed by atoms with van der Waals surface area (Å²) in [6, 6.07) is 25.3. The Morgan fingerprint density at radius 2 is 0.463 bits per heavy atom. The van der Waals surface area contributed by atoms with Crippen LogP contribution in [0, 0.1) is 0 Å². The van der Waals surface area contributed by atoms with Gasteiger partial charge in [0.1, 0.15) is 34.5 Å². The van der Waals surface area contributed by atoms with Gasteiger partial charge in [-0.3, -0.25) is 9.05 Å². The molecule has 0 radical (unpaired) electrons. The van der Waals surface area contributed by atoms with Crippen molar-refractivity contribution in [3.63, 3.8) is 0 Å². The van der Waals surface area contributed by atoms with E-state index < -0.39 is 15.6 Å². The van der Waals surface area contributed by atoms with Gasteiger partial charge in [-0.15, -0.1) is 0 Å². The smallest absolute Gasteiger partial charge is 0.507 e. The van der Waals surface area contributed by atoms with Crippen molar-refractivity contribution in [1.29, 1.82) is 0 Å². The fourth-order valence-electron chi connectivity index (χ4n) is 11.3. The van der Waals surface area contributed by atoms with Crippen LogP contribution in [0.15, 0.2) is 72.8 Å². The number of hydrogen-bond donors (Lipinski definition) is 2. The molecule has 12 rings (SSSR count). The summed E-state index contributed by atoms with van der Waals surface area (Å²) in [5, 5.41) is 26.0. The van der Waals surface area contributed by atoms with Crippen LogP contribution in [0.25, 0.3) is 0 Å². The Morgan fingerprint density at radius 1 is 0.317 bits per heavy atom. The van der Waals surface area contributed by atoms with Crippen LogP contribution < -0.4 is 18.1 Å². The fraction of sp³-hybridized carbons (Fsp3) is 0.486. The summed E-state index contributed by atoms with van der Waals surface area (Å²) in [6.45, 7) is 42.7. The van der Waals surface area contributed by atoms with Crippen molar-refractivity contribution in [1.82, 2.24) is 0 Å². The molecule has 6 aliphatic rings. The van der Waals surface area contributed by atoms with Gasteiger partial charge in [0.05, 0.1) is 13.2 Å². The van der Waals surface area contributed by atoms with Crippen LogP contribution in [0.2, 0.25) is 0 Å². The number of phenols is 2. The molecule has 1 aliphatic carbocycles. The lowest BCUT2D eigenvalue weighted by Crippen LogP contribution is -2.19. The van der Waals surface area contributed by atoms with Gasteiger partial charge in [-0.1, -0.05) is 197 Å². The van der Waals surface area contributed by atoms with Crippen LogP contribution in [-0.2, 0) is 89.2 Å². The number of hydrogen-bond acceptors (Lipinski definition) is 10. The topological polar surface area (TPSA) is 130 Å². The standard InChI is InChI=1S/C70H90O10P2/c1-21-75-81(73)77-61-45-23-41-29-53(65(3,4)5)31-43(59(41)71)25-47-35-57(69(15,16)17)39-51-28-52-40-58(70(18,19)20)36-48(64(52)80-82(74,76-22-2)79-63(47)51)26-44-32-54(66(6,7)8)30-42(60(44)72)24-46-34-56(68(12,13)14)38-50(62(46)78-81)27-49(61)37-55(33-45)67(9,10)11/h29-40,71-72H,21-28H2,1-20H3. The quantitative estimate of drug-likeness (QED) is 0.164. The van der Waals surface area contributed by atoms with E-state index in [-0.39, 0.29) is 82.9 Å². The molecule has 0 atom stereocenters. The van der Waals surface area contributed by atoms with Gasteiger partial charge >= 0.3 is 15.6 Å². The van der Waals surface area contributed by atoms with Crippen molar-refractivity contribution in [2.75, 3.05) is 13.2 Å². The molecule has 440 valence electrons. The van der Waals surface area contributed by atoms with E-state index in [9.17, 15) is 10.2 Å². The van der Waals surface area contributed by atoms with Crippen LogP contribution in [0.5, 0.6) is 34.5 Å². The van der Waals surface area contributed by atoms with Gasteiger partial charge < -0.3 is 28.3 Å². The second-order valence-electron chi connectivity index (χ2n) is 29.4. The number of rotatable bonds is 4. The normalized spacial score (nSPS) is 18.6. The Balaban J connectivity index is 1.45. The molecule has 0 unspecified atom stereocenters. The zero-order valence-electron chi connectivity index (χ0n) is 52.6. The van der Waals surface area contributed by atoms with Crippen LogP contribution in [0.1, 0.15) is 239 Å². The minimum absolute atomic E-state index is 0.0377. The van der Waals surface area contributed by atoms with Crippen LogP contribution in [0.3, 0.4) is 0 Å². The fourth-order valence-corrected chi connectivity index (χ4v) is 14.1. The zero-order valence-corrected chi connectivity index (χ0v) is 54.4. The zero-order chi connectivity index (χ0) is 60.2. The predicted octanol–water partition coefficient (Wildman–Crippen LogP) is 18.6. The van der Waals surface area contributed by atoms with Gasteiger partial charge in [0.2, 0.25) is 0 Å². The predicted molar refractivity (Wildman–Crippen MR) is 332 cm³/mol. The van der Waals surface area contributed by atoms with Gasteiger partial charge in [-0.05, 0) is 146 Å². The molecule has 5 heterocycles. The summed E-state index contributed by atoms with van der Waals surface area (Å²) in [4.78, 5) is 0. The first-order chi connectivity index (χ1) is 37.8. The summed E-state index contributed by atoms with van der Waals surface area (Å²) < 4.78 is 71.1. The summed E-state index contributed by atoms with van der Waals surface area (Å²) in [7, 11) is -8.96. The number of phenolic OH excluding ortho intramolecular Hbond substituents is 2. The molecular weight excluding hydrogens is 1060 g/mol. The molecule has 0 saturated heterocycles. The maximum atomic E-state index is 15.7. The Bertz CT molecular complexity index is 3160. The second kappa shape index (κ2) is 21.2. The van der Waals surface area contributed by atoms with Gasteiger partial charge in [0, 0.05) is 38.5 Å². The first-order valence-electron chi connectivity index (χ1n) is 29.4. The Labute approximate surface area is 489 Å². The van der Waals surface area contributed by atoms with E-state index in [1.54, 1.807) is 13.8 Å². The molecule has 5 aliphatic heterocycles. The highest BCUT2D eigenvalue weighted by molar-refractivity contribution is 7.49. The molecular formula is C70H90O10P2. The second-order valence-corrected chi connectivity index (χ2v) is 32.5. The first kappa shape index (κ1) is 61.1. The lowest BCUT2D eigenvalue weighted by atomic mass is 9.79. The third-order valence-electron chi connectivity index (χ3n) is 16.4. The Hall–Kier alpha value is -5.50. The third-order valence-corrected chi connectivity index (χ3v) is 19.1. The van der Waals surface area contributed by atoms with Gasteiger partial charge in [-0.2, -0.15) is 0 Å². The molecule has 0 spiro atoms. The van der Waals surface area contributed by atoms with Crippen molar-refractivity contribution in [2.45, 2.75) is 209 Å². The Kier molecular flexibility index (Phi) is 15.8. The summed E-state index contributed by atoms with van der Waals surface area (Å²) in [5.74, 6) is 1.71. The lowest BCUT2D eigenvalue weighted by molar-refractivity contribution is 0.215. The molecule has 0 amide bonds. The molecule has 82 heavy (non-hydrogen) atoms. The maximum absolute atomic E-state index is 15.7. The summed E-state index contributed by atoms with van der Waals surface area (Å²) in [6.07, 6.45) is 1.52. The monoisotopic (exact) mass is 1150 g/mol. The average molecular weight is 1150 g/mol. The maximum Gasteiger partial charge on any atom is 0.587 e. The molecule has 2 N–H and O–H groups in total. The van der Waals surface area contributed by atoms with E-state index in [0.29, 0.717) is 80.3 Å². The van der Waals surface area contributed by atoms with Crippen molar-refractivity contribution < 1.29 is 46.5 Å². The van der Waals surface area contributed by atoms with Gasteiger partial charge in [0.25, 0.3) is 0 Å². The molecule has 6 aromatic rings. The van der Waals surface area contributed by atoms with Crippen LogP contribution in [0.4, 0.5) is 0 Å². The number of aromatic hydroxyl groups is 2. The van der Waals surface area contributed by atoms with E-state index in [4.69, 9.17) is 27.1 Å². The van der Waals surface area contributed by atoms with Crippen molar-refractivity contribution >= 4 is 15.6 Å². The highest BCUT2D eigenvalue weighted by Gasteiger charge is 2.41. The van der Waals surface area contributed by atoms with E-state index in [1.165, 1.54) is 0 Å². The Morgan fingerprint density at radius 3 is 0.610 bits per heavy atom. The van der Waals surface area contributed by atoms with Crippen molar-refractivity contribution in [3.05, 3.63) is 173 Å². The van der Waals surface area contributed by atoms with E-state index >= 15 is 9.13 Å². The molecule has 10 nitrogen and oxygen atoms in total. The molecule has 6 aromatic carbocycles. The third kappa shape index (κ3) is 12.6. The molecule has 0 saturated carbocycles. The molecule has 16 bridgehead atoms.